The van der Waals surface area contributed by atoms with Crippen molar-refractivity contribution in [3.05, 3.63) is 34.1 Å². The Labute approximate surface area is 120 Å². The van der Waals surface area contributed by atoms with Gasteiger partial charge < -0.3 is 10.5 Å². The summed E-state index contributed by atoms with van der Waals surface area (Å²) >= 11 is 3.17. The molecule has 0 saturated carbocycles. The molecule has 6 heteroatoms. The molecule has 0 unspecified atom stereocenters. The SMILES string of the molecule is COCC[C@@H](C)N[C@H](C(N)=O)c1ccc(Br)cc1F. The Morgan fingerprint density at radius 2 is 2.26 bits per heavy atom. The van der Waals surface area contributed by atoms with E-state index in [0.29, 0.717) is 17.5 Å². The van der Waals surface area contributed by atoms with Crippen LogP contribution in [0, 0.1) is 5.82 Å². The van der Waals surface area contributed by atoms with Crippen LogP contribution in [0.2, 0.25) is 0 Å². The molecular formula is C13H18BrFN2O2. The maximum absolute atomic E-state index is 13.9. The largest absolute Gasteiger partial charge is 0.385 e. The molecule has 19 heavy (non-hydrogen) atoms. The average Bonchev–Trinajstić information content (AvgIpc) is 2.34. The molecule has 1 amide bonds. The zero-order valence-electron chi connectivity index (χ0n) is 11.0. The molecule has 0 aliphatic heterocycles. The van der Waals surface area contributed by atoms with Crippen LogP contribution in [0.1, 0.15) is 24.9 Å². The summed E-state index contributed by atoms with van der Waals surface area (Å²) < 4.78 is 19.4. The van der Waals surface area contributed by atoms with Crippen molar-refractivity contribution in [2.75, 3.05) is 13.7 Å². The number of nitrogens with one attached hydrogen (secondary N) is 1. The van der Waals surface area contributed by atoms with Crippen LogP contribution < -0.4 is 11.1 Å². The fourth-order valence-electron chi connectivity index (χ4n) is 1.72. The number of halogens is 2. The monoisotopic (exact) mass is 332 g/mol. The van der Waals surface area contributed by atoms with E-state index in [0.717, 1.165) is 0 Å². The van der Waals surface area contributed by atoms with Gasteiger partial charge in [0.1, 0.15) is 11.9 Å². The van der Waals surface area contributed by atoms with Gasteiger partial charge >= 0.3 is 0 Å². The van der Waals surface area contributed by atoms with Crippen molar-refractivity contribution in [1.29, 1.82) is 0 Å². The van der Waals surface area contributed by atoms with Crippen molar-refractivity contribution >= 4 is 21.8 Å². The highest BCUT2D eigenvalue weighted by atomic mass is 79.9. The summed E-state index contributed by atoms with van der Waals surface area (Å²) in [5.41, 5.74) is 5.59. The van der Waals surface area contributed by atoms with E-state index in [1.807, 2.05) is 6.92 Å². The molecule has 106 valence electrons. The lowest BCUT2D eigenvalue weighted by Crippen LogP contribution is -2.39. The first-order valence-corrected chi connectivity index (χ1v) is 6.74. The number of methoxy groups -OCH3 is 1. The van der Waals surface area contributed by atoms with Crippen molar-refractivity contribution in [3.8, 4) is 0 Å². The van der Waals surface area contributed by atoms with Gasteiger partial charge in [-0.3, -0.25) is 10.1 Å². The number of hydrogen-bond donors (Lipinski definition) is 2. The summed E-state index contributed by atoms with van der Waals surface area (Å²) in [6, 6.07) is 3.67. The molecule has 0 saturated heterocycles. The highest BCUT2D eigenvalue weighted by Crippen LogP contribution is 2.21. The lowest BCUT2D eigenvalue weighted by atomic mass is 10.0. The average molecular weight is 333 g/mol. The molecular weight excluding hydrogens is 315 g/mol. The molecule has 0 aliphatic rings. The topological polar surface area (TPSA) is 64.3 Å². The summed E-state index contributed by atoms with van der Waals surface area (Å²) in [6.45, 7) is 2.45. The Morgan fingerprint density at radius 1 is 1.58 bits per heavy atom. The number of carbonyl (C=O) groups excluding carboxylic acids is 1. The Hall–Kier alpha value is -0.980. The quantitative estimate of drug-likeness (QED) is 0.803. The zero-order chi connectivity index (χ0) is 14.4. The predicted octanol–water partition coefficient (Wildman–Crippen LogP) is 2.13. The normalized spacial score (nSPS) is 14.1. The molecule has 0 aromatic heterocycles. The van der Waals surface area contributed by atoms with Crippen molar-refractivity contribution in [3.63, 3.8) is 0 Å². The number of hydrogen-bond acceptors (Lipinski definition) is 3. The standard InChI is InChI=1S/C13H18BrFN2O2/c1-8(5-6-19-2)17-12(13(16)18)10-4-3-9(14)7-11(10)15/h3-4,7-8,12,17H,5-6H2,1-2H3,(H2,16,18)/t8-,12+/m1/s1. The van der Waals surface area contributed by atoms with Gasteiger partial charge in [-0.1, -0.05) is 22.0 Å². The van der Waals surface area contributed by atoms with Gasteiger partial charge in [0.2, 0.25) is 5.91 Å². The smallest absolute Gasteiger partial charge is 0.239 e. The third-order valence-corrected chi connectivity index (χ3v) is 3.26. The Kier molecular flexibility index (Phi) is 6.41. The maximum Gasteiger partial charge on any atom is 0.239 e. The predicted molar refractivity (Wildman–Crippen MR) is 75.1 cm³/mol. The Morgan fingerprint density at radius 3 is 2.79 bits per heavy atom. The molecule has 2 atom stereocenters. The molecule has 0 radical (unpaired) electrons. The molecule has 1 aromatic carbocycles. The van der Waals surface area contributed by atoms with E-state index in [4.69, 9.17) is 10.5 Å². The van der Waals surface area contributed by atoms with E-state index in [9.17, 15) is 9.18 Å². The number of carbonyl (C=O) groups is 1. The number of ether oxygens (including phenoxy) is 1. The van der Waals surface area contributed by atoms with Crippen molar-refractivity contribution in [1.82, 2.24) is 5.32 Å². The third-order valence-electron chi connectivity index (χ3n) is 2.76. The molecule has 0 aliphatic carbocycles. The first kappa shape index (κ1) is 16.1. The molecule has 0 bridgehead atoms. The number of rotatable bonds is 7. The van der Waals surface area contributed by atoms with E-state index < -0.39 is 17.8 Å². The fraction of sp³-hybridized carbons (Fsp3) is 0.462. The minimum atomic E-state index is -0.847. The summed E-state index contributed by atoms with van der Waals surface area (Å²) in [7, 11) is 1.60. The second-order valence-electron chi connectivity index (χ2n) is 4.35. The van der Waals surface area contributed by atoms with Gasteiger partial charge in [0, 0.05) is 29.8 Å². The van der Waals surface area contributed by atoms with Gasteiger partial charge in [-0.15, -0.1) is 0 Å². The molecule has 3 N–H and O–H groups in total. The van der Waals surface area contributed by atoms with E-state index >= 15 is 0 Å². The molecule has 0 fully saturated rings. The lowest BCUT2D eigenvalue weighted by molar-refractivity contribution is -0.120. The second-order valence-corrected chi connectivity index (χ2v) is 5.27. The summed E-state index contributed by atoms with van der Waals surface area (Å²) in [5.74, 6) is -1.07. The zero-order valence-corrected chi connectivity index (χ0v) is 12.5. The number of amides is 1. The summed E-state index contributed by atoms with van der Waals surface area (Å²) in [6.07, 6.45) is 0.707. The second kappa shape index (κ2) is 7.57. The molecule has 0 spiro atoms. The molecule has 0 heterocycles. The molecule has 1 aromatic rings. The van der Waals surface area contributed by atoms with Crippen LogP contribution in [0.4, 0.5) is 4.39 Å². The maximum atomic E-state index is 13.9. The van der Waals surface area contributed by atoms with E-state index in [1.54, 1.807) is 19.2 Å². The van der Waals surface area contributed by atoms with Gasteiger partial charge in [0.15, 0.2) is 0 Å². The van der Waals surface area contributed by atoms with Crippen LogP contribution in [-0.4, -0.2) is 25.7 Å². The Balaban J connectivity index is 2.85. The van der Waals surface area contributed by atoms with Gasteiger partial charge in [-0.2, -0.15) is 0 Å². The van der Waals surface area contributed by atoms with Crippen molar-refractivity contribution in [2.45, 2.75) is 25.4 Å². The van der Waals surface area contributed by atoms with Crippen LogP contribution >= 0.6 is 15.9 Å². The first-order valence-electron chi connectivity index (χ1n) is 5.95. The van der Waals surface area contributed by atoms with Crippen LogP contribution in [-0.2, 0) is 9.53 Å². The minimum absolute atomic E-state index is 0.0134. The van der Waals surface area contributed by atoms with E-state index in [2.05, 4.69) is 21.2 Å². The van der Waals surface area contributed by atoms with Crippen LogP contribution in [0.15, 0.2) is 22.7 Å². The van der Waals surface area contributed by atoms with Crippen LogP contribution in [0.5, 0.6) is 0 Å². The summed E-state index contributed by atoms with van der Waals surface area (Å²) in [4.78, 5) is 11.5. The molecule has 1 rings (SSSR count). The van der Waals surface area contributed by atoms with Gasteiger partial charge in [-0.05, 0) is 25.5 Å². The third kappa shape index (κ3) is 4.89. The van der Waals surface area contributed by atoms with Gasteiger partial charge in [0.25, 0.3) is 0 Å². The number of nitrogens with two attached hydrogens (primary N) is 1. The van der Waals surface area contributed by atoms with Crippen LogP contribution in [0.3, 0.4) is 0 Å². The molecule has 4 nitrogen and oxygen atoms in total. The first-order chi connectivity index (χ1) is 8.95. The van der Waals surface area contributed by atoms with Crippen molar-refractivity contribution in [2.24, 2.45) is 5.73 Å². The number of benzene rings is 1. The van der Waals surface area contributed by atoms with Gasteiger partial charge in [0.05, 0.1) is 0 Å². The lowest BCUT2D eigenvalue weighted by Gasteiger charge is -2.21. The van der Waals surface area contributed by atoms with Crippen molar-refractivity contribution < 1.29 is 13.9 Å². The Bertz CT molecular complexity index is 443. The number of primary amides is 1. The van der Waals surface area contributed by atoms with Gasteiger partial charge in [-0.25, -0.2) is 4.39 Å². The van der Waals surface area contributed by atoms with Crippen LogP contribution in [0.25, 0.3) is 0 Å². The highest BCUT2D eigenvalue weighted by molar-refractivity contribution is 9.10. The fourth-order valence-corrected chi connectivity index (χ4v) is 2.06. The summed E-state index contributed by atoms with van der Waals surface area (Å²) in [5, 5.41) is 3.02. The minimum Gasteiger partial charge on any atom is -0.385 e. The highest BCUT2D eigenvalue weighted by Gasteiger charge is 2.22. The van der Waals surface area contributed by atoms with E-state index in [1.165, 1.54) is 6.07 Å². The van der Waals surface area contributed by atoms with E-state index in [-0.39, 0.29) is 11.6 Å².